The maximum atomic E-state index is 12.3. The van der Waals surface area contributed by atoms with Crippen LogP contribution in [0.1, 0.15) is 46.1 Å². The van der Waals surface area contributed by atoms with Gasteiger partial charge in [-0.25, -0.2) is 0 Å². The van der Waals surface area contributed by atoms with E-state index in [1.807, 2.05) is 20.8 Å². The Balaban J connectivity index is 2.97. The lowest BCUT2D eigenvalue weighted by Gasteiger charge is -2.25. The van der Waals surface area contributed by atoms with E-state index < -0.39 is 5.60 Å². The van der Waals surface area contributed by atoms with E-state index >= 15 is 0 Å². The third kappa shape index (κ3) is 4.22. The van der Waals surface area contributed by atoms with Gasteiger partial charge in [0, 0.05) is 13.2 Å². The first-order valence-corrected chi connectivity index (χ1v) is 7.47. The third-order valence-electron chi connectivity index (χ3n) is 3.88. The van der Waals surface area contributed by atoms with Gasteiger partial charge in [-0.2, -0.15) is 5.26 Å². The number of amides is 1. The maximum Gasteiger partial charge on any atom is 0.256 e. The molecular weight excluding hydrogens is 280 g/mol. The molecule has 1 rings (SSSR count). The standard InChI is InChI=1S/C17H24N2O3/c1-6-12(3)22-14-8-9-15(13(10-14)11-18)19-16(20)17(4,7-2)21-5/h8-10,12H,6-7H2,1-5H3,(H,19,20)/t12-,17-/m1/s1. The van der Waals surface area contributed by atoms with Gasteiger partial charge in [0.2, 0.25) is 0 Å². The molecule has 0 unspecified atom stereocenters. The number of methoxy groups -OCH3 is 1. The molecule has 0 spiro atoms. The van der Waals surface area contributed by atoms with E-state index in [1.165, 1.54) is 7.11 Å². The molecule has 0 bridgehead atoms. The minimum absolute atomic E-state index is 0.0730. The van der Waals surface area contributed by atoms with E-state index in [0.717, 1.165) is 6.42 Å². The summed E-state index contributed by atoms with van der Waals surface area (Å²) in [5, 5.41) is 12.0. The molecule has 2 atom stereocenters. The van der Waals surface area contributed by atoms with Gasteiger partial charge >= 0.3 is 0 Å². The Hall–Kier alpha value is -2.06. The highest BCUT2D eigenvalue weighted by atomic mass is 16.5. The van der Waals surface area contributed by atoms with Crippen molar-refractivity contribution in [3.63, 3.8) is 0 Å². The predicted octanol–water partition coefficient (Wildman–Crippen LogP) is 3.49. The van der Waals surface area contributed by atoms with Crippen LogP contribution in [0.3, 0.4) is 0 Å². The fraction of sp³-hybridized carbons (Fsp3) is 0.529. The summed E-state index contributed by atoms with van der Waals surface area (Å²) in [5.41, 5.74) is -0.0945. The Morgan fingerprint density at radius 3 is 2.64 bits per heavy atom. The first kappa shape index (κ1) is 18.0. The average Bonchev–Trinajstić information content (AvgIpc) is 2.54. The van der Waals surface area contributed by atoms with Crippen molar-refractivity contribution in [1.29, 1.82) is 5.26 Å². The van der Waals surface area contributed by atoms with Gasteiger partial charge in [0.1, 0.15) is 17.4 Å². The van der Waals surface area contributed by atoms with Gasteiger partial charge in [-0.3, -0.25) is 4.79 Å². The first-order valence-electron chi connectivity index (χ1n) is 7.47. The van der Waals surface area contributed by atoms with Crippen molar-refractivity contribution >= 4 is 11.6 Å². The topological polar surface area (TPSA) is 71.3 Å². The van der Waals surface area contributed by atoms with Crippen LogP contribution in [0, 0.1) is 11.3 Å². The normalized spacial score (nSPS) is 14.5. The number of ether oxygens (including phenoxy) is 2. The molecule has 1 aromatic carbocycles. The van der Waals surface area contributed by atoms with E-state index in [0.29, 0.717) is 23.4 Å². The lowest BCUT2D eigenvalue weighted by atomic mass is 10.0. The average molecular weight is 304 g/mol. The number of hydrogen-bond acceptors (Lipinski definition) is 4. The van der Waals surface area contributed by atoms with Gasteiger partial charge in [0.15, 0.2) is 0 Å². The lowest BCUT2D eigenvalue weighted by molar-refractivity contribution is -0.136. The Labute approximate surface area is 132 Å². The Morgan fingerprint density at radius 1 is 1.45 bits per heavy atom. The predicted molar refractivity (Wildman–Crippen MR) is 85.9 cm³/mol. The molecule has 0 aliphatic rings. The second-order valence-corrected chi connectivity index (χ2v) is 5.40. The van der Waals surface area contributed by atoms with Gasteiger partial charge in [0.25, 0.3) is 5.91 Å². The Morgan fingerprint density at radius 2 is 2.14 bits per heavy atom. The molecule has 1 N–H and O–H groups in total. The second kappa shape index (κ2) is 7.81. The summed E-state index contributed by atoms with van der Waals surface area (Å²) >= 11 is 0. The summed E-state index contributed by atoms with van der Waals surface area (Å²) in [6, 6.07) is 7.15. The molecule has 0 aromatic heterocycles. The van der Waals surface area contributed by atoms with Crippen LogP contribution in [0.5, 0.6) is 5.75 Å². The fourth-order valence-electron chi connectivity index (χ4n) is 1.77. The summed E-state index contributed by atoms with van der Waals surface area (Å²) in [4.78, 5) is 12.3. The molecule has 0 aliphatic heterocycles. The van der Waals surface area contributed by atoms with Crippen LogP contribution in [0.15, 0.2) is 18.2 Å². The number of benzene rings is 1. The molecule has 0 fully saturated rings. The molecule has 1 aromatic rings. The molecule has 0 heterocycles. The number of rotatable bonds is 7. The molecule has 1 amide bonds. The van der Waals surface area contributed by atoms with Crippen molar-refractivity contribution in [3.8, 4) is 11.8 Å². The minimum atomic E-state index is -0.918. The number of hydrogen-bond donors (Lipinski definition) is 1. The van der Waals surface area contributed by atoms with Crippen LogP contribution in [0.25, 0.3) is 0 Å². The highest BCUT2D eigenvalue weighted by molar-refractivity contribution is 5.98. The quantitative estimate of drug-likeness (QED) is 0.837. The van der Waals surface area contributed by atoms with Crippen molar-refractivity contribution in [2.24, 2.45) is 0 Å². The zero-order chi connectivity index (χ0) is 16.8. The molecule has 0 saturated carbocycles. The summed E-state index contributed by atoms with van der Waals surface area (Å²) in [6.07, 6.45) is 1.49. The largest absolute Gasteiger partial charge is 0.491 e. The number of nitriles is 1. The van der Waals surface area contributed by atoms with Gasteiger partial charge < -0.3 is 14.8 Å². The maximum absolute atomic E-state index is 12.3. The molecule has 120 valence electrons. The molecular formula is C17H24N2O3. The number of carbonyl (C=O) groups is 1. The number of anilines is 1. The number of carbonyl (C=O) groups excluding carboxylic acids is 1. The van der Waals surface area contributed by atoms with Gasteiger partial charge in [-0.05, 0) is 38.8 Å². The smallest absolute Gasteiger partial charge is 0.256 e. The number of nitrogens with zero attached hydrogens (tertiary/aromatic N) is 1. The van der Waals surface area contributed by atoms with Crippen LogP contribution >= 0.6 is 0 Å². The molecule has 0 aliphatic carbocycles. The number of nitrogens with one attached hydrogen (secondary N) is 1. The zero-order valence-electron chi connectivity index (χ0n) is 13.9. The van der Waals surface area contributed by atoms with E-state index in [-0.39, 0.29) is 12.0 Å². The summed E-state index contributed by atoms with van der Waals surface area (Å²) in [7, 11) is 1.50. The molecule has 5 heteroatoms. The van der Waals surface area contributed by atoms with Crippen molar-refractivity contribution < 1.29 is 14.3 Å². The highest BCUT2D eigenvalue weighted by Gasteiger charge is 2.31. The van der Waals surface area contributed by atoms with Crippen molar-refractivity contribution in [3.05, 3.63) is 23.8 Å². The van der Waals surface area contributed by atoms with E-state index in [2.05, 4.69) is 11.4 Å². The van der Waals surface area contributed by atoms with Crippen LogP contribution in [-0.2, 0) is 9.53 Å². The molecule has 5 nitrogen and oxygen atoms in total. The van der Waals surface area contributed by atoms with E-state index in [9.17, 15) is 10.1 Å². The van der Waals surface area contributed by atoms with E-state index in [4.69, 9.17) is 9.47 Å². The zero-order valence-corrected chi connectivity index (χ0v) is 13.9. The van der Waals surface area contributed by atoms with Crippen molar-refractivity contribution in [2.75, 3.05) is 12.4 Å². The lowest BCUT2D eigenvalue weighted by Crippen LogP contribution is -2.41. The third-order valence-corrected chi connectivity index (χ3v) is 3.88. The van der Waals surface area contributed by atoms with Crippen molar-refractivity contribution in [2.45, 2.75) is 52.2 Å². The van der Waals surface area contributed by atoms with Crippen LogP contribution < -0.4 is 10.1 Å². The fourth-order valence-corrected chi connectivity index (χ4v) is 1.77. The minimum Gasteiger partial charge on any atom is -0.491 e. The highest BCUT2D eigenvalue weighted by Crippen LogP contribution is 2.25. The summed E-state index contributed by atoms with van der Waals surface area (Å²) in [5.74, 6) is 0.346. The second-order valence-electron chi connectivity index (χ2n) is 5.40. The Bertz CT molecular complexity index is 560. The van der Waals surface area contributed by atoms with Crippen LogP contribution in [-0.4, -0.2) is 24.7 Å². The first-order chi connectivity index (χ1) is 10.4. The van der Waals surface area contributed by atoms with Crippen LogP contribution in [0.2, 0.25) is 0 Å². The summed E-state index contributed by atoms with van der Waals surface area (Å²) < 4.78 is 11.0. The van der Waals surface area contributed by atoms with Gasteiger partial charge in [0.05, 0.1) is 17.4 Å². The van der Waals surface area contributed by atoms with Crippen molar-refractivity contribution in [1.82, 2.24) is 0 Å². The van der Waals surface area contributed by atoms with Crippen LogP contribution in [0.4, 0.5) is 5.69 Å². The van der Waals surface area contributed by atoms with Gasteiger partial charge in [-0.15, -0.1) is 0 Å². The molecule has 22 heavy (non-hydrogen) atoms. The Kier molecular flexibility index (Phi) is 6.39. The van der Waals surface area contributed by atoms with Gasteiger partial charge in [-0.1, -0.05) is 13.8 Å². The molecule has 0 saturated heterocycles. The van der Waals surface area contributed by atoms with E-state index in [1.54, 1.807) is 25.1 Å². The summed E-state index contributed by atoms with van der Waals surface area (Å²) in [6.45, 7) is 7.58. The SMILES string of the molecule is CC[C@@H](C)Oc1ccc(NC(=O)[C@@](C)(CC)OC)c(C#N)c1. The monoisotopic (exact) mass is 304 g/mol. The molecule has 0 radical (unpaired) electrons.